The molecule has 0 aliphatic rings. The molecule has 0 fully saturated rings. The second-order valence-corrected chi connectivity index (χ2v) is 6.91. The van der Waals surface area contributed by atoms with Gasteiger partial charge in [0.05, 0.1) is 29.2 Å². The molecule has 138 valence electrons. The molecule has 5 rings (SSSR count). The van der Waals surface area contributed by atoms with Gasteiger partial charge >= 0.3 is 0 Å². The molecule has 0 N–H and O–H groups in total. The van der Waals surface area contributed by atoms with Gasteiger partial charge in [0.15, 0.2) is 0 Å². The van der Waals surface area contributed by atoms with E-state index in [0.717, 1.165) is 46.4 Å². The Morgan fingerprint density at radius 2 is 1.57 bits per heavy atom. The van der Waals surface area contributed by atoms with E-state index < -0.39 is 0 Å². The molecule has 5 aromatic rings. The fourth-order valence-electron chi connectivity index (χ4n) is 3.78. The Kier molecular flexibility index (Phi) is 3.93. The van der Waals surface area contributed by atoms with Crippen molar-refractivity contribution in [2.75, 3.05) is 7.11 Å². The maximum atomic E-state index is 5.49. The van der Waals surface area contributed by atoms with Crippen molar-refractivity contribution in [1.29, 1.82) is 0 Å². The molecule has 0 aliphatic carbocycles. The Bertz CT molecular complexity index is 1320. The topological polar surface area (TPSA) is 52.8 Å². The van der Waals surface area contributed by atoms with Crippen molar-refractivity contribution in [3.8, 4) is 5.88 Å². The lowest BCUT2D eigenvalue weighted by atomic mass is 10.1. The molecule has 0 unspecified atom stereocenters. The number of aryl methyl sites for hydroxylation is 3. The van der Waals surface area contributed by atoms with Crippen LogP contribution in [0.15, 0.2) is 60.7 Å². The maximum absolute atomic E-state index is 5.49. The first-order valence-electron chi connectivity index (χ1n) is 9.37. The van der Waals surface area contributed by atoms with Crippen LogP contribution in [0.4, 0.5) is 0 Å². The molecule has 0 amide bonds. The van der Waals surface area contributed by atoms with Crippen LogP contribution in [-0.4, -0.2) is 26.6 Å². The first-order valence-corrected chi connectivity index (χ1v) is 9.37. The van der Waals surface area contributed by atoms with Gasteiger partial charge in [-0.25, -0.2) is 15.0 Å². The summed E-state index contributed by atoms with van der Waals surface area (Å²) in [6, 6.07) is 20.5. The number of ether oxygens (including phenoxy) is 1. The van der Waals surface area contributed by atoms with Crippen molar-refractivity contribution >= 4 is 32.8 Å². The van der Waals surface area contributed by atoms with Crippen molar-refractivity contribution in [1.82, 2.24) is 19.5 Å². The molecular weight excluding hydrogens is 348 g/mol. The predicted molar refractivity (Wildman–Crippen MR) is 112 cm³/mol. The average Bonchev–Trinajstić information content (AvgIpc) is 3.07. The van der Waals surface area contributed by atoms with Crippen LogP contribution in [0.5, 0.6) is 5.88 Å². The number of nitrogens with zero attached hydrogens (tertiary/aromatic N) is 4. The fraction of sp³-hybridized carbons (Fsp3) is 0.174. The van der Waals surface area contributed by atoms with Gasteiger partial charge in [-0.15, -0.1) is 0 Å². The van der Waals surface area contributed by atoms with E-state index in [4.69, 9.17) is 14.7 Å². The molecule has 3 aromatic carbocycles. The summed E-state index contributed by atoms with van der Waals surface area (Å²) < 4.78 is 7.66. The van der Waals surface area contributed by atoms with E-state index in [9.17, 15) is 0 Å². The SMILES string of the molecule is COc1nc2ccccc2nc1CCc1nc2c3ccccc3ccc2n1C. The van der Waals surface area contributed by atoms with Crippen LogP contribution in [0.1, 0.15) is 11.5 Å². The number of rotatable bonds is 4. The Balaban J connectivity index is 1.53. The van der Waals surface area contributed by atoms with Gasteiger partial charge in [0.25, 0.3) is 0 Å². The Morgan fingerprint density at radius 1 is 0.821 bits per heavy atom. The Morgan fingerprint density at radius 3 is 2.39 bits per heavy atom. The molecule has 28 heavy (non-hydrogen) atoms. The molecule has 2 aromatic heterocycles. The molecule has 0 saturated carbocycles. The van der Waals surface area contributed by atoms with E-state index in [0.29, 0.717) is 5.88 Å². The highest BCUT2D eigenvalue weighted by Gasteiger charge is 2.14. The predicted octanol–water partition coefficient (Wildman–Crippen LogP) is 4.46. The molecule has 0 saturated heterocycles. The van der Waals surface area contributed by atoms with E-state index in [2.05, 4.69) is 53.0 Å². The van der Waals surface area contributed by atoms with Crippen LogP contribution in [0.2, 0.25) is 0 Å². The number of methoxy groups -OCH3 is 1. The summed E-state index contributed by atoms with van der Waals surface area (Å²) in [5.74, 6) is 1.62. The zero-order chi connectivity index (χ0) is 19.1. The molecule has 5 nitrogen and oxygen atoms in total. The smallest absolute Gasteiger partial charge is 0.235 e. The summed E-state index contributed by atoms with van der Waals surface area (Å²) in [6.07, 6.45) is 1.49. The summed E-state index contributed by atoms with van der Waals surface area (Å²) in [5.41, 5.74) is 4.78. The number of hydrogen-bond acceptors (Lipinski definition) is 4. The largest absolute Gasteiger partial charge is 0.480 e. The summed E-state index contributed by atoms with van der Waals surface area (Å²) in [5, 5.41) is 2.40. The number of imidazole rings is 1. The van der Waals surface area contributed by atoms with Crippen LogP contribution in [0.25, 0.3) is 32.8 Å². The van der Waals surface area contributed by atoms with E-state index in [1.807, 2.05) is 24.3 Å². The summed E-state index contributed by atoms with van der Waals surface area (Å²) in [4.78, 5) is 14.3. The zero-order valence-electron chi connectivity index (χ0n) is 15.9. The lowest BCUT2D eigenvalue weighted by Crippen LogP contribution is -2.05. The molecule has 2 heterocycles. The minimum atomic E-state index is 0.586. The van der Waals surface area contributed by atoms with E-state index in [-0.39, 0.29) is 0 Å². The third-order valence-electron chi connectivity index (χ3n) is 5.25. The summed E-state index contributed by atoms with van der Waals surface area (Å²) in [6.45, 7) is 0. The third-order valence-corrected chi connectivity index (χ3v) is 5.25. The van der Waals surface area contributed by atoms with Crippen LogP contribution in [-0.2, 0) is 19.9 Å². The van der Waals surface area contributed by atoms with Crippen LogP contribution in [0.3, 0.4) is 0 Å². The number of hydrogen-bond donors (Lipinski definition) is 0. The normalized spacial score (nSPS) is 11.5. The van der Waals surface area contributed by atoms with E-state index >= 15 is 0 Å². The molecule has 5 heteroatoms. The summed E-state index contributed by atoms with van der Waals surface area (Å²) >= 11 is 0. The van der Waals surface area contributed by atoms with Gasteiger partial charge in [0.2, 0.25) is 5.88 Å². The van der Waals surface area contributed by atoms with Crippen LogP contribution >= 0.6 is 0 Å². The van der Waals surface area contributed by atoms with Crippen molar-refractivity contribution in [2.45, 2.75) is 12.8 Å². The Labute approximate surface area is 162 Å². The minimum Gasteiger partial charge on any atom is -0.480 e. The van der Waals surface area contributed by atoms with Gasteiger partial charge in [0.1, 0.15) is 11.5 Å². The average molecular weight is 368 g/mol. The Hall–Kier alpha value is -3.47. The second kappa shape index (κ2) is 6.60. The van der Waals surface area contributed by atoms with Gasteiger partial charge in [-0.05, 0) is 23.6 Å². The second-order valence-electron chi connectivity index (χ2n) is 6.91. The number of benzene rings is 3. The third kappa shape index (κ3) is 2.67. The molecule has 0 atom stereocenters. The van der Waals surface area contributed by atoms with Crippen LogP contribution in [0, 0.1) is 0 Å². The van der Waals surface area contributed by atoms with Gasteiger partial charge < -0.3 is 9.30 Å². The van der Waals surface area contributed by atoms with Gasteiger partial charge in [-0.2, -0.15) is 0 Å². The first-order chi connectivity index (χ1) is 13.7. The van der Waals surface area contributed by atoms with Crippen molar-refractivity contribution in [3.63, 3.8) is 0 Å². The molecular formula is C23H20N4O. The number of para-hydroxylation sites is 2. The first kappa shape index (κ1) is 16.7. The highest BCUT2D eigenvalue weighted by Crippen LogP contribution is 2.26. The van der Waals surface area contributed by atoms with E-state index in [1.165, 1.54) is 10.8 Å². The summed E-state index contributed by atoms with van der Waals surface area (Å²) in [7, 11) is 3.71. The maximum Gasteiger partial charge on any atom is 0.235 e. The van der Waals surface area contributed by atoms with E-state index in [1.54, 1.807) is 7.11 Å². The molecule has 0 bridgehead atoms. The quantitative estimate of drug-likeness (QED) is 0.470. The lowest BCUT2D eigenvalue weighted by Gasteiger charge is -2.08. The fourth-order valence-corrected chi connectivity index (χ4v) is 3.78. The minimum absolute atomic E-state index is 0.586. The van der Waals surface area contributed by atoms with Gasteiger partial charge in [-0.3, -0.25) is 0 Å². The standard InChI is InChI=1S/C23H20N4O/c1-27-20-13-11-15-7-3-4-8-16(15)22(20)26-21(27)14-12-19-23(28-2)25-18-10-6-5-9-17(18)24-19/h3-11,13H,12,14H2,1-2H3. The van der Waals surface area contributed by atoms with Crippen molar-refractivity contribution < 1.29 is 4.74 Å². The number of fused-ring (bicyclic) bond motifs is 4. The molecule has 0 spiro atoms. The van der Waals surface area contributed by atoms with Gasteiger partial charge in [0, 0.05) is 25.3 Å². The number of aromatic nitrogens is 4. The zero-order valence-corrected chi connectivity index (χ0v) is 15.9. The van der Waals surface area contributed by atoms with Crippen molar-refractivity contribution in [3.05, 3.63) is 72.2 Å². The monoisotopic (exact) mass is 368 g/mol. The highest BCUT2D eigenvalue weighted by atomic mass is 16.5. The van der Waals surface area contributed by atoms with Crippen LogP contribution < -0.4 is 4.74 Å². The highest BCUT2D eigenvalue weighted by molar-refractivity contribution is 6.04. The lowest BCUT2D eigenvalue weighted by molar-refractivity contribution is 0.391. The van der Waals surface area contributed by atoms with Crippen molar-refractivity contribution in [2.24, 2.45) is 7.05 Å². The molecule has 0 aliphatic heterocycles. The van der Waals surface area contributed by atoms with Gasteiger partial charge in [-0.1, -0.05) is 42.5 Å². The molecule has 0 radical (unpaired) electrons.